The first-order chi connectivity index (χ1) is 13.5. The number of carbonyl (C=O) groups excluding carboxylic acids is 3. The van der Waals surface area contributed by atoms with E-state index < -0.39 is 17.8 Å². The number of anilines is 1. The third kappa shape index (κ3) is 3.21. The standard InChI is InChI=1S/C21H14ClN3O3/c22-14-8-10-15(11-9-14)24-12-4-7-17(24)13-18-19(26)23-21(28)25(20(18)27)16-5-2-1-3-6-16/h1-13H,(H,23,26,28)/b18-13+. The van der Waals surface area contributed by atoms with E-state index >= 15 is 0 Å². The molecule has 4 rings (SSSR count). The first-order valence-corrected chi connectivity index (χ1v) is 8.82. The van der Waals surface area contributed by atoms with E-state index in [9.17, 15) is 14.4 Å². The Morgan fingerprint density at radius 1 is 0.821 bits per heavy atom. The van der Waals surface area contributed by atoms with Crippen LogP contribution in [0.1, 0.15) is 5.69 Å². The number of halogens is 1. The van der Waals surface area contributed by atoms with Crippen LogP contribution in [0.4, 0.5) is 10.5 Å². The van der Waals surface area contributed by atoms with E-state index in [-0.39, 0.29) is 5.57 Å². The van der Waals surface area contributed by atoms with Crippen LogP contribution in [-0.4, -0.2) is 22.4 Å². The van der Waals surface area contributed by atoms with Gasteiger partial charge in [-0.05, 0) is 54.6 Å². The van der Waals surface area contributed by atoms with Crippen molar-refractivity contribution in [2.45, 2.75) is 0 Å². The van der Waals surface area contributed by atoms with E-state index in [1.54, 1.807) is 60.8 Å². The maximum absolute atomic E-state index is 12.9. The molecule has 2 heterocycles. The Labute approximate surface area is 165 Å². The smallest absolute Gasteiger partial charge is 0.317 e. The Bertz CT molecular complexity index is 1100. The highest BCUT2D eigenvalue weighted by molar-refractivity contribution is 6.39. The summed E-state index contributed by atoms with van der Waals surface area (Å²) in [7, 11) is 0. The Morgan fingerprint density at radius 3 is 2.25 bits per heavy atom. The van der Waals surface area contributed by atoms with Gasteiger partial charge in [-0.3, -0.25) is 14.9 Å². The molecule has 2 aromatic carbocycles. The van der Waals surface area contributed by atoms with Gasteiger partial charge in [-0.15, -0.1) is 0 Å². The van der Waals surface area contributed by atoms with Crippen LogP contribution in [0.5, 0.6) is 0 Å². The van der Waals surface area contributed by atoms with Gasteiger partial charge in [-0.25, -0.2) is 9.69 Å². The summed E-state index contributed by atoms with van der Waals surface area (Å²) in [6.07, 6.45) is 3.27. The van der Waals surface area contributed by atoms with E-state index in [1.807, 2.05) is 16.7 Å². The van der Waals surface area contributed by atoms with Gasteiger partial charge in [0.25, 0.3) is 11.8 Å². The highest BCUT2D eigenvalue weighted by Crippen LogP contribution is 2.23. The molecule has 0 saturated carbocycles. The minimum atomic E-state index is -0.772. The lowest BCUT2D eigenvalue weighted by Crippen LogP contribution is -2.54. The van der Waals surface area contributed by atoms with Crippen LogP contribution < -0.4 is 10.2 Å². The van der Waals surface area contributed by atoms with Crippen LogP contribution in [0.15, 0.2) is 78.5 Å². The molecule has 7 heteroatoms. The van der Waals surface area contributed by atoms with Crippen LogP contribution in [0, 0.1) is 0 Å². The van der Waals surface area contributed by atoms with Gasteiger partial charge >= 0.3 is 6.03 Å². The summed E-state index contributed by atoms with van der Waals surface area (Å²) in [6.45, 7) is 0. The van der Waals surface area contributed by atoms with Crippen molar-refractivity contribution in [2.75, 3.05) is 4.90 Å². The Balaban J connectivity index is 1.74. The van der Waals surface area contributed by atoms with Crippen molar-refractivity contribution in [1.82, 2.24) is 9.88 Å². The van der Waals surface area contributed by atoms with Gasteiger partial charge in [-0.1, -0.05) is 29.8 Å². The summed E-state index contributed by atoms with van der Waals surface area (Å²) in [4.78, 5) is 38.4. The van der Waals surface area contributed by atoms with E-state index in [0.29, 0.717) is 16.4 Å². The number of para-hydroxylation sites is 1. The SMILES string of the molecule is O=C1NC(=O)N(c2ccccc2)C(=O)/C1=C/c1cccn1-c1ccc(Cl)cc1. The summed E-state index contributed by atoms with van der Waals surface area (Å²) in [5.41, 5.74) is 1.69. The number of hydrogen-bond donors (Lipinski definition) is 1. The number of barbiturate groups is 1. The Kier molecular flexibility index (Phi) is 4.55. The Morgan fingerprint density at radius 2 is 1.54 bits per heavy atom. The molecule has 4 amide bonds. The zero-order valence-electron chi connectivity index (χ0n) is 14.5. The number of imide groups is 2. The average Bonchev–Trinajstić information content (AvgIpc) is 3.15. The molecule has 138 valence electrons. The number of nitrogens with zero attached hydrogens (tertiary/aromatic N) is 2. The van der Waals surface area contributed by atoms with Crippen molar-refractivity contribution in [2.24, 2.45) is 0 Å². The zero-order chi connectivity index (χ0) is 19.7. The van der Waals surface area contributed by atoms with Crippen LogP contribution in [-0.2, 0) is 9.59 Å². The summed E-state index contributed by atoms with van der Waals surface area (Å²) in [5.74, 6) is -1.41. The van der Waals surface area contributed by atoms with Crippen LogP contribution in [0.25, 0.3) is 11.8 Å². The summed E-state index contributed by atoms with van der Waals surface area (Å²) in [5, 5.41) is 2.83. The van der Waals surface area contributed by atoms with Gasteiger partial charge in [-0.2, -0.15) is 0 Å². The number of rotatable bonds is 3. The predicted octanol–water partition coefficient (Wildman–Crippen LogP) is 3.80. The number of urea groups is 1. The van der Waals surface area contributed by atoms with Gasteiger partial charge in [0.2, 0.25) is 0 Å². The molecule has 0 unspecified atom stereocenters. The molecule has 0 radical (unpaired) electrons. The van der Waals surface area contributed by atoms with Gasteiger partial charge < -0.3 is 4.57 Å². The van der Waals surface area contributed by atoms with Crippen LogP contribution >= 0.6 is 11.6 Å². The molecule has 3 aromatic rings. The highest BCUT2D eigenvalue weighted by atomic mass is 35.5. The first-order valence-electron chi connectivity index (χ1n) is 8.44. The van der Waals surface area contributed by atoms with Gasteiger partial charge in [0.15, 0.2) is 0 Å². The molecule has 6 nitrogen and oxygen atoms in total. The molecule has 0 bridgehead atoms. The van der Waals surface area contributed by atoms with Gasteiger partial charge in [0.1, 0.15) is 5.57 Å². The van der Waals surface area contributed by atoms with Gasteiger partial charge in [0.05, 0.1) is 5.69 Å². The third-order valence-corrected chi connectivity index (χ3v) is 4.55. The van der Waals surface area contributed by atoms with Crippen LogP contribution in [0.2, 0.25) is 5.02 Å². The number of amides is 4. The molecule has 0 atom stereocenters. The fraction of sp³-hybridized carbons (Fsp3) is 0. The molecule has 0 spiro atoms. The van der Waals surface area contributed by atoms with E-state index in [2.05, 4.69) is 5.32 Å². The second-order valence-electron chi connectivity index (χ2n) is 6.07. The molecule has 1 saturated heterocycles. The van der Waals surface area contributed by atoms with Crippen molar-refractivity contribution < 1.29 is 14.4 Å². The van der Waals surface area contributed by atoms with Crippen molar-refractivity contribution >= 4 is 41.2 Å². The first kappa shape index (κ1) is 17.8. The number of benzene rings is 2. The van der Waals surface area contributed by atoms with Crippen molar-refractivity contribution in [3.63, 3.8) is 0 Å². The lowest BCUT2D eigenvalue weighted by atomic mass is 10.1. The fourth-order valence-electron chi connectivity index (χ4n) is 2.97. The summed E-state index contributed by atoms with van der Waals surface area (Å²) >= 11 is 5.94. The molecule has 1 aliphatic heterocycles. The molecular formula is C21H14ClN3O3. The minimum absolute atomic E-state index is 0.127. The summed E-state index contributed by atoms with van der Waals surface area (Å²) in [6, 6.07) is 18.4. The normalized spacial score (nSPS) is 15.8. The molecular weight excluding hydrogens is 378 g/mol. The Hall–Kier alpha value is -3.64. The minimum Gasteiger partial charge on any atom is -0.317 e. The highest BCUT2D eigenvalue weighted by Gasteiger charge is 2.36. The topological polar surface area (TPSA) is 71.4 Å². The maximum Gasteiger partial charge on any atom is 0.335 e. The third-order valence-electron chi connectivity index (χ3n) is 4.29. The number of carbonyl (C=O) groups is 3. The summed E-state index contributed by atoms with van der Waals surface area (Å²) < 4.78 is 1.81. The van der Waals surface area contributed by atoms with Gasteiger partial charge in [0, 0.05) is 22.6 Å². The molecule has 1 aliphatic rings. The number of nitrogens with one attached hydrogen (secondary N) is 1. The quantitative estimate of drug-likeness (QED) is 0.545. The van der Waals surface area contributed by atoms with E-state index in [1.165, 1.54) is 6.08 Å². The number of aromatic nitrogens is 1. The predicted molar refractivity (Wildman–Crippen MR) is 106 cm³/mol. The lowest BCUT2D eigenvalue weighted by molar-refractivity contribution is -0.122. The molecule has 0 aliphatic carbocycles. The maximum atomic E-state index is 12.9. The van der Waals surface area contributed by atoms with Crippen molar-refractivity contribution in [1.29, 1.82) is 0 Å². The average molecular weight is 392 g/mol. The van der Waals surface area contributed by atoms with E-state index in [4.69, 9.17) is 11.6 Å². The van der Waals surface area contributed by atoms with Crippen molar-refractivity contribution in [3.05, 3.63) is 89.2 Å². The molecule has 28 heavy (non-hydrogen) atoms. The second-order valence-corrected chi connectivity index (χ2v) is 6.51. The monoisotopic (exact) mass is 391 g/mol. The lowest BCUT2D eigenvalue weighted by Gasteiger charge is -2.26. The second kappa shape index (κ2) is 7.17. The van der Waals surface area contributed by atoms with E-state index in [0.717, 1.165) is 10.6 Å². The van der Waals surface area contributed by atoms with Crippen LogP contribution in [0.3, 0.4) is 0 Å². The molecule has 1 fully saturated rings. The number of hydrogen-bond acceptors (Lipinski definition) is 3. The van der Waals surface area contributed by atoms with Crippen molar-refractivity contribution in [3.8, 4) is 5.69 Å². The molecule has 1 aromatic heterocycles. The largest absolute Gasteiger partial charge is 0.335 e. The fourth-order valence-corrected chi connectivity index (χ4v) is 3.09. The zero-order valence-corrected chi connectivity index (χ0v) is 15.3. The molecule has 1 N–H and O–H groups in total.